The van der Waals surface area contributed by atoms with Crippen LogP contribution >= 0.6 is 0 Å². The van der Waals surface area contributed by atoms with Gasteiger partial charge in [-0.15, -0.1) is 0 Å². The van der Waals surface area contributed by atoms with Gasteiger partial charge < -0.3 is 14.2 Å². The highest BCUT2D eigenvalue weighted by Crippen LogP contribution is 2.25. The molecule has 0 aliphatic heterocycles. The van der Waals surface area contributed by atoms with Crippen molar-refractivity contribution in [3.05, 3.63) is 59.6 Å². The molecule has 0 fully saturated rings. The maximum absolute atomic E-state index is 13.0. The van der Waals surface area contributed by atoms with E-state index in [4.69, 9.17) is 14.1 Å². The van der Waals surface area contributed by atoms with Crippen LogP contribution in [0.15, 0.2) is 45.2 Å². The molecule has 5 nitrogen and oxygen atoms in total. The SMILES string of the molecule is CC(C)c1nc(C#N)c(NCc2ccc(-c3ccc(F)cc3)o2)o1. The first-order valence-corrected chi connectivity index (χ1v) is 7.56. The van der Waals surface area contributed by atoms with E-state index in [1.54, 1.807) is 12.1 Å². The number of hydrogen-bond donors (Lipinski definition) is 1. The van der Waals surface area contributed by atoms with Crippen molar-refractivity contribution in [2.75, 3.05) is 5.32 Å². The fraction of sp³-hybridized carbons (Fsp3) is 0.222. The van der Waals surface area contributed by atoms with Crippen LogP contribution in [0.2, 0.25) is 0 Å². The molecule has 1 aromatic carbocycles. The number of benzene rings is 1. The molecule has 0 saturated carbocycles. The Balaban J connectivity index is 1.72. The fourth-order valence-electron chi connectivity index (χ4n) is 2.19. The van der Waals surface area contributed by atoms with Gasteiger partial charge in [-0.05, 0) is 36.4 Å². The zero-order valence-electron chi connectivity index (χ0n) is 13.3. The first-order valence-electron chi connectivity index (χ1n) is 7.56. The lowest BCUT2D eigenvalue weighted by Gasteiger charge is -2.01. The molecule has 6 heteroatoms. The van der Waals surface area contributed by atoms with Gasteiger partial charge in [-0.2, -0.15) is 5.26 Å². The maximum atomic E-state index is 13.0. The first-order chi connectivity index (χ1) is 11.6. The van der Waals surface area contributed by atoms with Gasteiger partial charge in [-0.3, -0.25) is 0 Å². The highest BCUT2D eigenvalue weighted by Gasteiger charge is 2.15. The molecule has 0 atom stereocenters. The van der Waals surface area contributed by atoms with E-state index in [0.717, 1.165) is 5.56 Å². The van der Waals surface area contributed by atoms with Gasteiger partial charge in [-0.1, -0.05) is 13.8 Å². The Bertz CT molecular complexity index is 873. The van der Waals surface area contributed by atoms with E-state index in [0.29, 0.717) is 29.8 Å². The minimum absolute atomic E-state index is 0.0985. The number of furan rings is 1. The van der Waals surface area contributed by atoms with Gasteiger partial charge in [0, 0.05) is 11.5 Å². The van der Waals surface area contributed by atoms with Crippen molar-refractivity contribution in [1.29, 1.82) is 5.26 Å². The summed E-state index contributed by atoms with van der Waals surface area (Å²) >= 11 is 0. The minimum atomic E-state index is -0.289. The molecule has 0 spiro atoms. The molecule has 0 unspecified atom stereocenters. The lowest BCUT2D eigenvalue weighted by atomic mass is 10.2. The zero-order valence-corrected chi connectivity index (χ0v) is 13.3. The van der Waals surface area contributed by atoms with Crippen LogP contribution in [0, 0.1) is 17.1 Å². The lowest BCUT2D eigenvalue weighted by Crippen LogP contribution is -1.98. The zero-order chi connectivity index (χ0) is 17.1. The highest BCUT2D eigenvalue weighted by molar-refractivity contribution is 5.57. The fourth-order valence-corrected chi connectivity index (χ4v) is 2.19. The van der Waals surface area contributed by atoms with Crippen LogP contribution in [0.25, 0.3) is 11.3 Å². The van der Waals surface area contributed by atoms with Crippen molar-refractivity contribution in [3.63, 3.8) is 0 Å². The molecule has 0 saturated heterocycles. The number of nitriles is 1. The number of rotatable bonds is 5. The average Bonchev–Trinajstić information content (AvgIpc) is 3.20. The van der Waals surface area contributed by atoms with Crippen LogP contribution in [0.4, 0.5) is 10.3 Å². The van der Waals surface area contributed by atoms with Crippen molar-refractivity contribution >= 4 is 5.88 Å². The number of hydrogen-bond acceptors (Lipinski definition) is 5. The van der Waals surface area contributed by atoms with Crippen molar-refractivity contribution in [3.8, 4) is 17.4 Å². The first kappa shape index (κ1) is 15.8. The summed E-state index contributed by atoms with van der Waals surface area (Å²) in [5.74, 6) is 1.97. The van der Waals surface area contributed by atoms with Crippen LogP contribution in [0.1, 0.15) is 37.1 Å². The molecule has 0 aliphatic carbocycles. The van der Waals surface area contributed by atoms with E-state index in [1.807, 2.05) is 32.0 Å². The van der Waals surface area contributed by atoms with Gasteiger partial charge in [0.05, 0.1) is 6.54 Å². The van der Waals surface area contributed by atoms with Crippen molar-refractivity contribution in [2.45, 2.75) is 26.3 Å². The van der Waals surface area contributed by atoms with Crippen LogP contribution in [0.5, 0.6) is 0 Å². The normalized spacial score (nSPS) is 10.8. The van der Waals surface area contributed by atoms with E-state index in [9.17, 15) is 4.39 Å². The van der Waals surface area contributed by atoms with Crippen LogP contribution in [-0.4, -0.2) is 4.98 Å². The van der Waals surface area contributed by atoms with Gasteiger partial charge in [0.1, 0.15) is 23.4 Å². The van der Waals surface area contributed by atoms with Crippen molar-refractivity contribution in [2.24, 2.45) is 0 Å². The number of nitrogens with one attached hydrogen (secondary N) is 1. The summed E-state index contributed by atoms with van der Waals surface area (Å²) in [5, 5.41) is 12.1. The summed E-state index contributed by atoms with van der Waals surface area (Å²) in [4.78, 5) is 4.15. The second-order valence-corrected chi connectivity index (χ2v) is 5.62. The summed E-state index contributed by atoms with van der Waals surface area (Å²) < 4.78 is 24.3. The number of anilines is 1. The number of nitrogens with zero attached hydrogens (tertiary/aromatic N) is 2. The quantitative estimate of drug-likeness (QED) is 0.737. The molecular formula is C18H16FN3O2. The Morgan fingerprint density at radius 2 is 1.92 bits per heavy atom. The van der Waals surface area contributed by atoms with Gasteiger partial charge in [0.25, 0.3) is 0 Å². The maximum Gasteiger partial charge on any atom is 0.232 e. The Kier molecular flexibility index (Phi) is 4.34. The lowest BCUT2D eigenvalue weighted by molar-refractivity contribution is 0.475. The molecule has 3 aromatic rings. The predicted octanol–water partition coefficient (Wildman–Crippen LogP) is 4.68. The second kappa shape index (κ2) is 6.59. The van der Waals surface area contributed by atoms with Crippen molar-refractivity contribution in [1.82, 2.24) is 4.98 Å². The monoisotopic (exact) mass is 325 g/mol. The summed E-state index contributed by atoms with van der Waals surface area (Å²) in [5.41, 5.74) is 1.02. The third-order valence-electron chi connectivity index (χ3n) is 3.46. The van der Waals surface area contributed by atoms with Crippen LogP contribution in [-0.2, 0) is 6.54 Å². The second-order valence-electron chi connectivity index (χ2n) is 5.62. The Labute approximate surface area is 138 Å². The van der Waals surface area contributed by atoms with Crippen molar-refractivity contribution < 1.29 is 13.2 Å². The average molecular weight is 325 g/mol. The van der Waals surface area contributed by atoms with Crippen LogP contribution in [0.3, 0.4) is 0 Å². The van der Waals surface area contributed by atoms with Gasteiger partial charge >= 0.3 is 0 Å². The molecule has 24 heavy (non-hydrogen) atoms. The Morgan fingerprint density at radius 3 is 2.58 bits per heavy atom. The van der Waals surface area contributed by atoms with Gasteiger partial charge in [0.2, 0.25) is 17.5 Å². The number of aromatic nitrogens is 1. The molecule has 2 heterocycles. The Hall–Kier alpha value is -3.07. The molecule has 3 rings (SSSR count). The summed E-state index contributed by atoms with van der Waals surface area (Å²) in [6, 6.07) is 11.7. The number of halogens is 1. The predicted molar refractivity (Wildman–Crippen MR) is 86.7 cm³/mol. The molecule has 0 aliphatic rings. The number of oxazole rings is 1. The van der Waals surface area contributed by atoms with Gasteiger partial charge in [-0.25, -0.2) is 9.37 Å². The van der Waals surface area contributed by atoms with E-state index < -0.39 is 0 Å². The Morgan fingerprint density at radius 1 is 1.17 bits per heavy atom. The topological polar surface area (TPSA) is 75.0 Å². The van der Waals surface area contributed by atoms with E-state index in [1.165, 1.54) is 12.1 Å². The molecule has 122 valence electrons. The third kappa shape index (κ3) is 3.30. The molecule has 0 amide bonds. The third-order valence-corrected chi connectivity index (χ3v) is 3.46. The van der Waals surface area contributed by atoms with E-state index >= 15 is 0 Å². The molecular weight excluding hydrogens is 309 g/mol. The summed E-state index contributed by atoms with van der Waals surface area (Å²) in [7, 11) is 0. The molecule has 2 aromatic heterocycles. The molecule has 0 radical (unpaired) electrons. The van der Waals surface area contributed by atoms with E-state index in [-0.39, 0.29) is 17.4 Å². The van der Waals surface area contributed by atoms with Crippen LogP contribution < -0.4 is 5.32 Å². The summed E-state index contributed by atoms with van der Waals surface area (Å²) in [6.07, 6.45) is 0. The standard InChI is InChI=1S/C18H16FN3O2/c1-11(2)17-22-15(9-20)18(24-17)21-10-14-7-8-16(23-14)12-3-5-13(19)6-4-12/h3-8,11,21H,10H2,1-2H3. The van der Waals surface area contributed by atoms with Gasteiger partial charge in [0.15, 0.2) is 0 Å². The summed E-state index contributed by atoms with van der Waals surface area (Å²) in [6.45, 7) is 4.24. The largest absolute Gasteiger partial charge is 0.459 e. The minimum Gasteiger partial charge on any atom is -0.459 e. The molecule has 0 bridgehead atoms. The van der Waals surface area contributed by atoms with E-state index in [2.05, 4.69) is 10.3 Å². The highest BCUT2D eigenvalue weighted by atomic mass is 19.1. The molecule has 1 N–H and O–H groups in total. The smallest absolute Gasteiger partial charge is 0.232 e.